The van der Waals surface area contributed by atoms with Crippen molar-refractivity contribution in [3.8, 4) is 0 Å². The topological polar surface area (TPSA) is 0 Å². The number of allylic oxidation sites excluding steroid dienone is 16. The van der Waals surface area contributed by atoms with Gasteiger partial charge in [0.05, 0.1) is 0 Å². The third-order valence-corrected chi connectivity index (χ3v) is 9.81. The van der Waals surface area contributed by atoms with Gasteiger partial charge < -0.3 is 0 Å². The zero-order valence-corrected chi connectivity index (χ0v) is 20.8. The number of hydrogen-bond acceptors (Lipinski definition) is 0. The molecule has 0 nitrogen and oxygen atoms in total. The van der Waals surface area contributed by atoms with E-state index in [0.717, 1.165) is 11.8 Å². The second-order valence-electron chi connectivity index (χ2n) is 12.6. The number of fused-ring (bicyclic) bond motifs is 6. The van der Waals surface area contributed by atoms with Crippen LogP contribution < -0.4 is 0 Å². The fourth-order valence-electron chi connectivity index (χ4n) is 8.24. The van der Waals surface area contributed by atoms with E-state index in [4.69, 9.17) is 0 Å². The third kappa shape index (κ3) is 3.56. The Morgan fingerprint density at radius 2 is 1.00 bits per heavy atom. The summed E-state index contributed by atoms with van der Waals surface area (Å²) in [6, 6.07) is 0. The highest BCUT2D eigenvalue weighted by Crippen LogP contribution is 2.57. The predicted molar refractivity (Wildman–Crippen MR) is 140 cm³/mol. The molecule has 33 heavy (non-hydrogen) atoms. The van der Waals surface area contributed by atoms with Gasteiger partial charge in [-0.2, -0.15) is 0 Å². The smallest absolute Gasteiger partial charge is 0.00954 e. The average molecular weight is 437 g/mol. The van der Waals surface area contributed by atoms with Crippen LogP contribution in [0.1, 0.15) is 40.5 Å². The summed E-state index contributed by atoms with van der Waals surface area (Å²) < 4.78 is 0. The summed E-state index contributed by atoms with van der Waals surface area (Å²) in [5.74, 6) is 7.06. The summed E-state index contributed by atoms with van der Waals surface area (Å²) in [6.45, 7) is 9.40. The lowest BCUT2D eigenvalue weighted by atomic mass is 9.73. The van der Waals surface area contributed by atoms with E-state index in [1.165, 1.54) is 18.4 Å². The van der Waals surface area contributed by atoms with Crippen molar-refractivity contribution in [2.45, 2.75) is 40.5 Å². The molecule has 0 N–H and O–H groups in total. The van der Waals surface area contributed by atoms with E-state index in [1.807, 2.05) is 0 Å². The van der Waals surface area contributed by atoms with Crippen LogP contribution >= 0.6 is 0 Å². The Morgan fingerprint density at radius 1 is 0.545 bits per heavy atom. The second-order valence-corrected chi connectivity index (χ2v) is 12.6. The molecular weight excluding hydrogens is 396 g/mol. The maximum atomic E-state index is 2.69. The van der Waals surface area contributed by atoms with Crippen molar-refractivity contribution in [1.82, 2.24) is 0 Å². The molecule has 0 aliphatic heterocycles. The molecule has 9 atom stereocenters. The van der Waals surface area contributed by atoms with Crippen LogP contribution in [0.2, 0.25) is 0 Å². The molecule has 0 spiro atoms. The summed E-state index contributed by atoms with van der Waals surface area (Å²) >= 11 is 0. The van der Waals surface area contributed by atoms with Gasteiger partial charge >= 0.3 is 0 Å². The molecule has 2 fully saturated rings. The van der Waals surface area contributed by atoms with Gasteiger partial charge in [0.1, 0.15) is 0 Å². The first-order valence-electron chi connectivity index (χ1n) is 13.4. The molecule has 0 heteroatoms. The maximum Gasteiger partial charge on any atom is -0.00954 e. The normalized spacial score (nSPS) is 44.2. The van der Waals surface area contributed by atoms with E-state index >= 15 is 0 Å². The van der Waals surface area contributed by atoms with E-state index in [0.29, 0.717) is 47.3 Å². The highest BCUT2D eigenvalue weighted by Gasteiger charge is 2.50. The molecule has 0 aromatic heterocycles. The first kappa shape index (κ1) is 21.5. The molecule has 9 unspecified atom stereocenters. The summed E-state index contributed by atoms with van der Waals surface area (Å²) in [7, 11) is 0. The van der Waals surface area contributed by atoms with E-state index in [1.54, 1.807) is 5.57 Å². The van der Waals surface area contributed by atoms with Crippen molar-refractivity contribution in [2.75, 3.05) is 0 Å². The van der Waals surface area contributed by atoms with Gasteiger partial charge in [0, 0.05) is 0 Å². The van der Waals surface area contributed by atoms with Crippen LogP contribution in [0.25, 0.3) is 0 Å². The van der Waals surface area contributed by atoms with Crippen molar-refractivity contribution in [3.63, 3.8) is 0 Å². The Morgan fingerprint density at radius 3 is 1.58 bits per heavy atom. The van der Waals surface area contributed by atoms with Crippen LogP contribution in [-0.4, -0.2) is 0 Å². The Bertz CT molecular complexity index is 994. The van der Waals surface area contributed by atoms with Crippen LogP contribution in [0.3, 0.4) is 0 Å². The molecule has 6 aliphatic carbocycles. The summed E-state index contributed by atoms with van der Waals surface area (Å²) in [5, 5.41) is 0. The minimum atomic E-state index is 0.228. The van der Waals surface area contributed by atoms with Gasteiger partial charge in [0.25, 0.3) is 0 Å². The molecule has 0 radical (unpaired) electrons. The van der Waals surface area contributed by atoms with E-state index in [9.17, 15) is 0 Å². The Hall–Kier alpha value is -2.08. The molecule has 6 rings (SSSR count). The lowest BCUT2D eigenvalue weighted by Gasteiger charge is -2.32. The van der Waals surface area contributed by atoms with Gasteiger partial charge in [-0.05, 0) is 89.9 Å². The molecule has 0 aromatic rings. The molecule has 0 bridgehead atoms. The molecule has 172 valence electrons. The van der Waals surface area contributed by atoms with Gasteiger partial charge in [0.15, 0.2) is 0 Å². The first-order valence-corrected chi connectivity index (χ1v) is 13.4. The predicted octanol–water partition coefficient (Wildman–Crippen LogP) is 8.27. The van der Waals surface area contributed by atoms with Crippen LogP contribution in [-0.2, 0) is 0 Å². The van der Waals surface area contributed by atoms with Crippen molar-refractivity contribution in [2.24, 2.45) is 64.6 Å². The van der Waals surface area contributed by atoms with Gasteiger partial charge in [-0.1, -0.05) is 111 Å². The van der Waals surface area contributed by atoms with Gasteiger partial charge in [0.2, 0.25) is 0 Å². The van der Waals surface area contributed by atoms with Crippen molar-refractivity contribution < 1.29 is 0 Å². The Balaban J connectivity index is 1.29. The van der Waals surface area contributed by atoms with Crippen molar-refractivity contribution >= 4 is 0 Å². The van der Waals surface area contributed by atoms with Gasteiger partial charge in [-0.3, -0.25) is 0 Å². The van der Waals surface area contributed by atoms with E-state index in [-0.39, 0.29) is 5.41 Å². The van der Waals surface area contributed by atoms with Crippen molar-refractivity contribution in [3.05, 3.63) is 96.2 Å². The molecule has 0 amide bonds. The summed E-state index contributed by atoms with van der Waals surface area (Å²) in [5.41, 5.74) is 3.23. The number of rotatable bonds is 3. The Labute approximate surface area is 201 Å². The fourth-order valence-corrected chi connectivity index (χ4v) is 8.24. The van der Waals surface area contributed by atoms with Gasteiger partial charge in [-0.15, -0.1) is 0 Å². The van der Waals surface area contributed by atoms with Crippen LogP contribution in [0.15, 0.2) is 96.2 Å². The van der Waals surface area contributed by atoms with Crippen LogP contribution in [0, 0.1) is 64.6 Å². The fraction of sp³-hybridized carbons (Fsp3) is 0.515. The average Bonchev–Trinajstić information content (AvgIpc) is 3.29. The maximum absolute atomic E-state index is 2.69. The monoisotopic (exact) mass is 436 g/mol. The minimum Gasteiger partial charge on any atom is -0.0805 e. The molecular formula is C33H40. The third-order valence-electron chi connectivity index (χ3n) is 9.81. The van der Waals surface area contributed by atoms with Crippen molar-refractivity contribution in [1.29, 1.82) is 0 Å². The zero-order chi connectivity index (χ0) is 22.7. The molecule has 2 saturated carbocycles. The van der Waals surface area contributed by atoms with E-state index < -0.39 is 0 Å². The minimum absolute atomic E-state index is 0.228. The first-order chi connectivity index (χ1) is 15.9. The molecule has 0 aromatic carbocycles. The summed E-state index contributed by atoms with van der Waals surface area (Å²) in [4.78, 5) is 0. The molecule has 0 heterocycles. The van der Waals surface area contributed by atoms with E-state index in [2.05, 4.69) is 113 Å². The van der Waals surface area contributed by atoms with Crippen LogP contribution in [0.4, 0.5) is 0 Å². The van der Waals surface area contributed by atoms with Crippen LogP contribution in [0.5, 0.6) is 0 Å². The second kappa shape index (κ2) is 8.00. The highest BCUT2D eigenvalue weighted by atomic mass is 14.5. The molecule has 0 saturated heterocycles. The number of hydrogen-bond donors (Lipinski definition) is 0. The highest BCUT2D eigenvalue weighted by molar-refractivity contribution is 5.37. The SMILES string of the molecule is CC1=CC2C(C=C1)C1C=CC(C(C)(C)C)=CC1C2CCC1C2C=CC=CC2C2C=CC=CC21. The standard InChI is InChI=1S/C33H40/c1-21-13-15-28-29-16-14-22(33(2,3)4)20-32(29)30(31(28)19-21)18-17-27-25-11-7-5-9-23(25)24-10-6-8-12-26(24)27/h5-16,19-20,23-32H,17-18H2,1-4H3. The van der Waals surface area contributed by atoms with Gasteiger partial charge in [-0.25, -0.2) is 0 Å². The lowest BCUT2D eigenvalue weighted by Crippen LogP contribution is -2.23. The molecule has 6 aliphatic rings. The quantitative estimate of drug-likeness (QED) is 0.417. The Kier molecular flexibility index (Phi) is 5.20. The lowest BCUT2D eigenvalue weighted by molar-refractivity contribution is 0.270. The summed E-state index contributed by atoms with van der Waals surface area (Å²) in [6.07, 6.45) is 37.2. The largest absolute Gasteiger partial charge is 0.0805 e. The zero-order valence-electron chi connectivity index (χ0n) is 20.8.